The first kappa shape index (κ1) is 28.6. The SMILES string of the molecule is COc1nc2ccc(C(O)(c3ccc(C)nc3C)c3cnc(C)n3C)cc2c(Cl)c1Cc1ccc(C(C)(F)F)cc1. The normalized spacial score (nSPS) is 13.4. The Kier molecular flexibility index (Phi) is 7.34. The van der Waals surface area contributed by atoms with E-state index in [1.807, 2.05) is 56.7 Å². The number of benzene rings is 2. The van der Waals surface area contributed by atoms with Gasteiger partial charge < -0.3 is 14.4 Å². The molecule has 5 aromatic rings. The second kappa shape index (κ2) is 10.5. The van der Waals surface area contributed by atoms with Crippen molar-refractivity contribution in [1.29, 1.82) is 0 Å². The van der Waals surface area contributed by atoms with Gasteiger partial charge in [0.15, 0.2) is 5.60 Å². The summed E-state index contributed by atoms with van der Waals surface area (Å²) in [4.78, 5) is 13.8. The number of methoxy groups -OCH3 is 1. The highest BCUT2D eigenvalue weighted by Gasteiger charge is 2.39. The lowest BCUT2D eigenvalue weighted by molar-refractivity contribution is 0.0174. The molecular weight excluding hydrogens is 546 g/mol. The first-order chi connectivity index (χ1) is 19.3. The number of ether oxygens (including phenoxy) is 1. The molecule has 0 saturated carbocycles. The topological polar surface area (TPSA) is 73.1 Å². The Morgan fingerprint density at radius 2 is 1.66 bits per heavy atom. The molecule has 3 aromatic heterocycles. The van der Waals surface area contributed by atoms with Crippen LogP contribution in [0.4, 0.5) is 8.78 Å². The maximum absolute atomic E-state index is 13.7. The van der Waals surface area contributed by atoms with Crippen LogP contribution in [-0.4, -0.2) is 31.7 Å². The summed E-state index contributed by atoms with van der Waals surface area (Å²) in [5.41, 5.74) is 3.61. The Morgan fingerprint density at radius 1 is 0.976 bits per heavy atom. The minimum absolute atomic E-state index is 0.0637. The lowest BCUT2D eigenvalue weighted by atomic mass is 9.82. The summed E-state index contributed by atoms with van der Waals surface area (Å²) in [7, 11) is 3.37. The fourth-order valence-electron chi connectivity index (χ4n) is 5.26. The van der Waals surface area contributed by atoms with Gasteiger partial charge in [0.2, 0.25) is 5.88 Å². The van der Waals surface area contributed by atoms with E-state index in [2.05, 4.69) is 15.0 Å². The van der Waals surface area contributed by atoms with Crippen molar-refractivity contribution in [2.75, 3.05) is 7.11 Å². The Hall–Kier alpha value is -3.88. The first-order valence-corrected chi connectivity index (χ1v) is 13.5. The number of fused-ring (bicyclic) bond motifs is 1. The van der Waals surface area contributed by atoms with Crippen molar-refractivity contribution in [2.24, 2.45) is 7.05 Å². The Bertz CT molecular complexity index is 1760. The van der Waals surface area contributed by atoms with Crippen LogP contribution in [-0.2, 0) is 25.0 Å². The third-order valence-corrected chi connectivity index (χ3v) is 8.07. The Labute approximate surface area is 242 Å². The summed E-state index contributed by atoms with van der Waals surface area (Å²) in [5.74, 6) is -1.84. The van der Waals surface area contributed by atoms with Gasteiger partial charge in [0.25, 0.3) is 5.92 Å². The number of aryl methyl sites for hydroxylation is 3. The van der Waals surface area contributed by atoms with Gasteiger partial charge in [-0.3, -0.25) is 4.98 Å². The Morgan fingerprint density at radius 3 is 2.24 bits per heavy atom. The van der Waals surface area contributed by atoms with Crippen molar-refractivity contribution in [2.45, 2.75) is 45.6 Å². The number of imidazole rings is 1. The highest BCUT2D eigenvalue weighted by atomic mass is 35.5. The lowest BCUT2D eigenvalue weighted by Crippen LogP contribution is -2.32. The average Bonchev–Trinajstić information content (AvgIpc) is 3.27. The molecule has 1 N–H and O–H groups in total. The van der Waals surface area contributed by atoms with Crippen molar-refractivity contribution >= 4 is 22.5 Å². The van der Waals surface area contributed by atoms with Crippen molar-refractivity contribution in [3.05, 3.63) is 117 Å². The van der Waals surface area contributed by atoms with Crippen LogP contribution in [0.5, 0.6) is 5.88 Å². The Balaban J connectivity index is 1.69. The summed E-state index contributed by atoms with van der Waals surface area (Å²) in [6, 6.07) is 15.3. The van der Waals surface area contributed by atoms with Crippen molar-refractivity contribution < 1.29 is 18.6 Å². The predicted molar refractivity (Wildman–Crippen MR) is 156 cm³/mol. The largest absolute Gasteiger partial charge is 0.481 e. The maximum Gasteiger partial charge on any atom is 0.270 e. The van der Waals surface area contributed by atoms with E-state index in [0.29, 0.717) is 56.3 Å². The first-order valence-electron chi connectivity index (χ1n) is 13.1. The van der Waals surface area contributed by atoms with Crippen molar-refractivity contribution in [1.82, 2.24) is 19.5 Å². The molecule has 0 spiro atoms. The molecule has 0 radical (unpaired) electrons. The van der Waals surface area contributed by atoms with Crippen LogP contribution in [0.1, 0.15) is 57.6 Å². The molecule has 9 heteroatoms. The molecule has 41 heavy (non-hydrogen) atoms. The molecule has 0 aliphatic heterocycles. The number of pyridine rings is 2. The highest BCUT2D eigenvalue weighted by molar-refractivity contribution is 6.36. The molecule has 5 rings (SSSR count). The standard InChI is InChI=1S/C32H31ClF2N4O2/c1-18-7-13-26(19(2)37-18)32(40,28-17-36-20(3)39(28)5)23-12-14-27-24(16-23)29(33)25(30(38-27)41-6)15-21-8-10-22(11-9-21)31(4,34)35/h7-14,16-17,40H,15H2,1-6H3. The monoisotopic (exact) mass is 576 g/mol. The van der Waals surface area contributed by atoms with Crippen LogP contribution in [0.15, 0.2) is 60.8 Å². The van der Waals surface area contributed by atoms with Gasteiger partial charge in [0, 0.05) is 53.9 Å². The summed E-state index contributed by atoms with van der Waals surface area (Å²) in [6.07, 6.45) is 1.98. The van der Waals surface area contributed by atoms with Crippen LogP contribution in [0.2, 0.25) is 5.02 Å². The van der Waals surface area contributed by atoms with Crippen LogP contribution in [0, 0.1) is 20.8 Å². The molecule has 6 nitrogen and oxygen atoms in total. The molecule has 0 amide bonds. The smallest absolute Gasteiger partial charge is 0.270 e. The number of hydrogen-bond donors (Lipinski definition) is 1. The minimum atomic E-state index is -2.93. The van der Waals surface area contributed by atoms with Crippen LogP contribution in [0.25, 0.3) is 10.9 Å². The van der Waals surface area contributed by atoms with Gasteiger partial charge in [-0.25, -0.2) is 18.7 Å². The van der Waals surface area contributed by atoms with Gasteiger partial charge >= 0.3 is 0 Å². The van der Waals surface area contributed by atoms with E-state index in [-0.39, 0.29) is 5.56 Å². The summed E-state index contributed by atoms with van der Waals surface area (Å²) < 4.78 is 34.9. The van der Waals surface area contributed by atoms with E-state index >= 15 is 0 Å². The van der Waals surface area contributed by atoms with Gasteiger partial charge in [-0.05, 0) is 50.1 Å². The van der Waals surface area contributed by atoms with E-state index in [0.717, 1.165) is 24.0 Å². The lowest BCUT2D eigenvalue weighted by Gasteiger charge is -2.31. The fourth-order valence-corrected chi connectivity index (χ4v) is 5.56. The summed E-state index contributed by atoms with van der Waals surface area (Å²) in [5, 5.41) is 13.6. The summed E-state index contributed by atoms with van der Waals surface area (Å²) >= 11 is 7.03. The molecule has 3 heterocycles. The number of halogens is 3. The quantitative estimate of drug-likeness (QED) is 0.227. The fraction of sp³-hybridized carbons (Fsp3) is 0.281. The van der Waals surface area contributed by atoms with Crippen molar-refractivity contribution in [3.63, 3.8) is 0 Å². The van der Waals surface area contributed by atoms with Crippen molar-refractivity contribution in [3.8, 4) is 5.88 Å². The molecule has 0 aliphatic carbocycles. The van der Waals surface area contributed by atoms with Crippen LogP contribution < -0.4 is 4.74 Å². The number of aromatic nitrogens is 4. The van der Waals surface area contributed by atoms with Gasteiger partial charge in [0.05, 0.1) is 29.5 Å². The zero-order valence-corrected chi connectivity index (χ0v) is 24.5. The van der Waals surface area contributed by atoms with Crippen LogP contribution >= 0.6 is 11.6 Å². The van der Waals surface area contributed by atoms with E-state index in [1.165, 1.54) is 19.2 Å². The second-order valence-corrected chi connectivity index (χ2v) is 10.8. The van der Waals surface area contributed by atoms with E-state index < -0.39 is 11.5 Å². The average molecular weight is 577 g/mol. The zero-order chi connectivity index (χ0) is 29.7. The molecule has 2 aromatic carbocycles. The number of aliphatic hydroxyl groups is 1. The minimum Gasteiger partial charge on any atom is -0.481 e. The van der Waals surface area contributed by atoms with Gasteiger partial charge in [0.1, 0.15) is 5.82 Å². The number of hydrogen-bond acceptors (Lipinski definition) is 5. The highest BCUT2D eigenvalue weighted by Crippen LogP contribution is 2.41. The zero-order valence-electron chi connectivity index (χ0n) is 23.8. The number of nitrogens with zero attached hydrogens (tertiary/aromatic N) is 4. The molecule has 1 unspecified atom stereocenters. The molecule has 0 fully saturated rings. The number of alkyl halides is 2. The predicted octanol–water partition coefficient (Wildman–Crippen LogP) is 6.94. The van der Waals surface area contributed by atoms with Gasteiger partial charge in [-0.15, -0.1) is 0 Å². The van der Waals surface area contributed by atoms with Crippen LogP contribution in [0.3, 0.4) is 0 Å². The summed E-state index contributed by atoms with van der Waals surface area (Å²) in [6.45, 7) is 6.52. The molecule has 0 aliphatic rings. The number of rotatable bonds is 7. The second-order valence-electron chi connectivity index (χ2n) is 10.5. The third-order valence-electron chi connectivity index (χ3n) is 7.64. The van der Waals surface area contributed by atoms with E-state index in [1.54, 1.807) is 24.4 Å². The molecule has 1 atom stereocenters. The molecule has 0 saturated heterocycles. The van der Waals surface area contributed by atoms with E-state index in [4.69, 9.17) is 16.3 Å². The molecule has 212 valence electrons. The van der Waals surface area contributed by atoms with Gasteiger partial charge in [-0.2, -0.15) is 0 Å². The maximum atomic E-state index is 13.7. The van der Waals surface area contributed by atoms with Gasteiger partial charge in [-0.1, -0.05) is 48.0 Å². The molecular formula is C32H31ClF2N4O2. The molecule has 0 bridgehead atoms. The van der Waals surface area contributed by atoms with E-state index in [9.17, 15) is 13.9 Å². The third kappa shape index (κ3) is 5.06.